The Labute approximate surface area is 200 Å². The quantitative estimate of drug-likeness (QED) is 0.181. The number of nitro groups is 1. The van der Waals surface area contributed by atoms with Crippen LogP contribution >= 0.6 is 15.9 Å². The second kappa shape index (κ2) is 7.48. The van der Waals surface area contributed by atoms with Gasteiger partial charge in [0.25, 0.3) is 5.69 Å². The molecule has 2 aromatic carbocycles. The number of alkyl halides is 1. The van der Waals surface area contributed by atoms with Crippen LogP contribution < -0.4 is 19.1 Å². The van der Waals surface area contributed by atoms with Crippen molar-refractivity contribution in [3.63, 3.8) is 0 Å². The lowest BCUT2D eigenvalue weighted by Crippen LogP contribution is -2.58. The molecule has 0 aromatic heterocycles. The van der Waals surface area contributed by atoms with Gasteiger partial charge in [-0.2, -0.15) is 0 Å². The molecule has 0 saturated heterocycles. The zero-order chi connectivity index (χ0) is 24.3. The normalized spacial score (nSPS) is 20.2. The fourth-order valence-corrected chi connectivity index (χ4v) is 4.46. The number of esters is 1. The van der Waals surface area contributed by atoms with Gasteiger partial charge in [-0.25, -0.2) is 0 Å². The number of ether oxygens (including phenoxy) is 3. The molecule has 0 saturated carbocycles. The summed E-state index contributed by atoms with van der Waals surface area (Å²) >= 11 is 3.28. The summed E-state index contributed by atoms with van der Waals surface area (Å²) in [5, 5.41) is 11.5. The van der Waals surface area contributed by atoms with Crippen molar-refractivity contribution in [1.82, 2.24) is 0 Å². The number of methoxy groups -OCH3 is 1. The van der Waals surface area contributed by atoms with Crippen molar-refractivity contribution >= 4 is 39.4 Å². The van der Waals surface area contributed by atoms with Gasteiger partial charge in [0.1, 0.15) is 10.1 Å². The molecule has 1 unspecified atom stereocenters. The summed E-state index contributed by atoms with van der Waals surface area (Å²) in [6, 6.07) is 8.48. The zero-order valence-electron chi connectivity index (χ0n) is 19.3. The third kappa shape index (κ3) is 3.45. The first kappa shape index (κ1) is 23.1. The Kier molecular flexibility index (Phi) is 5.24. The molecule has 0 fully saturated rings. The maximum atomic E-state index is 12.6. The van der Waals surface area contributed by atoms with Gasteiger partial charge in [-0.1, -0.05) is 15.9 Å². The van der Waals surface area contributed by atoms with E-state index < -0.39 is 26.4 Å². The smallest absolute Gasteiger partial charge is 0.327 e. The number of anilines is 1. The molecule has 0 amide bonds. The van der Waals surface area contributed by atoms with E-state index in [0.717, 1.165) is 17.0 Å². The molecule has 174 valence electrons. The lowest BCUT2D eigenvalue weighted by atomic mass is 9.76. The van der Waals surface area contributed by atoms with Gasteiger partial charge >= 0.3 is 5.97 Å². The molecule has 0 aliphatic carbocycles. The minimum absolute atomic E-state index is 0.00168. The van der Waals surface area contributed by atoms with E-state index in [-0.39, 0.29) is 17.2 Å². The molecule has 33 heavy (non-hydrogen) atoms. The number of carbonyl (C=O) groups is 1. The molecule has 1 spiro atoms. The van der Waals surface area contributed by atoms with Crippen molar-refractivity contribution < 1.29 is 23.9 Å². The average Bonchev–Trinajstić information content (AvgIpc) is 2.91. The van der Waals surface area contributed by atoms with E-state index in [2.05, 4.69) is 29.8 Å². The van der Waals surface area contributed by atoms with Crippen LogP contribution in [-0.4, -0.2) is 35.1 Å². The summed E-state index contributed by atoms with van der Waals surface area (Å²) in [5.41, 5.74) is 0.756. The molecule has 0 bridgehead atoms. The van der Waals surface area contributed by atoms with Crippen molar-refractivity contribution in [2.75, 3.05) is 19.1 Å². The number of halogens is 1. The second-order valence-corrected chi connectivity index (χ2v) is 11.2. The third-order valence-electron chi connectivity index (χ3n) is 6.35. The topological polar surface area (TPSA) is 91.1 Å². The Morgan fingerprint density at radius 2 is 1.94 bits per heavy atom. The summed E-state index contributed by atoms with van der Waals surface area (Å²) in [6.45, 7) is 7.39. The Morgan fingerprint density at radius 1 is 1.24 bits per heavy atom. The number of hydrogen-bond acceptors (Lipinski definition) is 7. The van der Waals surface area contributed by atoms with Gasteiger partial charge in [0.15, 0.2) is 11.5 Å². The third-order valence-corrected chi connectivity index (χ3v) is 6.67. The van der Waals surface area contributed by atoms with Crippen LogP contribution in [0.2, 0.25) is 0 Å². The second-order valence-electron chi connectivity index (χ2n) is 9.18. The molecule has 8 nitrogen and oxygen atoms in total. The number of non-ortho nitro benzene ring substituents is 1. The SMILES string of the molecule is COc1ccc2c(c1)C(C)(C)C1(C=Cc3cc([N+](=O)[O-])cc(OC(=O)C(C)(C)Br)c3O1)N2C. The van der Waals surface area contributed by atoms with Gasteiger partial charge in [0.2, 0.25) is 5.72 Å². The minimum atomic E-state index is -0.983. The molecule has 0 N–H and O–H groups in total. The van der Waals surface area contributed by atoms with Crippen LogP contribution in [0.25, 0.3) is 6.08 Å². The van der Waals surface area contributed by atoms with Gasteiger partial charge in [-0.15, -0.1) is 0 Å². The number of carbonyl (C=O) groups excluding carboxylic acids is 1. The van der Waals surface area contributed by atoms with E-state index in [0.29, 0.717) is 5.56 Å². The predicted molar refractivity (Wildman–Crippen MR) is 129 cm³/mol. The lowest BCUT2D eigenvalue weighted by molar-refractivity contribution is -0.385. The Balaban J connectivity index is 1.86. The minimum Gasteiger partial charge on any atom is -0.497 e. The molecular formula is C24H25BrN2O6. The maximum Gasteiger partial charge on any atom is 0.327 e. The first-order valence-electron chi connectivity index (χ1n) is 10.4. The van der Waals surface area contributed by atoms with Crippen LogP contribution in [-0.2, 0) is 10.2 Å². The van der Waals surface area contributed by atoms with Crippen molar-refractivity contribution in [2.45, 2.75) is 43.2 Å². The fourth-order valence-electron chi connectivity index (χ4n) is 4.38. The van der Waals surface area contributed by atoms with Crippen LogP contribution in [0.1, 0.15) is 38.8 Å². The predicted octanol–water partition coefficient (Wildman–Crippen LogP) is 5.21. The number of nitro benzene ring substituents is 1. The molecule has 9 heteroatoms. The number of rotatable bonds is 4. The lowest BCUT2D eigenvalue weighted by Gasteiger charge is -2.45. The van der Waals surface area contributed by atoms with Crippen LogP contribution in [0.5, 0.6) is 17.2 Å². The Bertz CT molecular complexity index is 1200. The zero-order valence-corrected chi connectivity index (χ0v) is 20.8. The molecule has 0 radical (unpaired) electrons. The van der Waals surface area contributed by atoms with Gasteiger partial charge < -0.3 is 19.1 Å². The highest BCUT2D eigenvalue weighted by Gasteiger charge is 2.58. The maximum absolute atomic E-state index is 12.6. The number of nitrogens with zero attached hydrogens (tertiary/aromatic N) is 2. The molecular weight excluding hydrogens is 492 g/mol. The molecule has 2 heterocycles. The highest BCUT2D eigenvalue weighted by molar-refractivity contribution is 9.10. The summed E-state index contributed by atoms with van der Waals surface area (Å²) in [4.78, 5) is 25.6. The van der Waals surface area contributed by atoms with E-state index >= 15 is 0 Å². The first-order valence-corrected chi connectivity index (χ1v) is 11.2. The van der Waals surface area contributed by atoms with E-state index in [1.54, 1.807) is 27.0 Å². The van der Waals surface area contributed by atoms with Crippen molar-refractivity contribution in [2.24, 2.45) is 0 Å². The number of fused-ring (bicyclic) bond motifs is 2. The standard InChI is InChI=1S/C24H25BrN2O6/c1-22(2)17-13-16(31-6)7-8-18(17)26(5)24(22)10-9-14-11-15(27(29)30)12-19(20(14)33-24)32-21(28)23(3,4)25/h7-13H,1-6H3. The first-order chi connectivity index (χ1) is 15.3. The molecule has 2 aromatic rings. The highest BCUT2D eigenvalue weighted by atomic mass is 79.9. The van der Waals surface area contributed by atoms with Gasteiger partial charge in [-0.3, -0.25) is 14.9 Å². The van der Waals surface area contributed by atoms with E-state index in [4.69, 9.17) is 14.2 Å². The number of benzene rings is 2. The van der Waals surface area contributed by atoms with Crippen LogP contribution in [0.3, 0.4) is 0 Å². The van der Waals surface area contributed by atoms with E-state index in [1.165, 1.54) is 12.1 Å². The summed E-state index contributed by atoms with van der Waals surface area (Å²) < 4.78 is 16.7. The van der Waals surface area contributed by atoms with Crippen LogP contribution in [0.15, 0.2) is 36.4 Å². The average molecular weight is 517 g/mol. The van der Waals surface area contributed by atoms with E-state index in [1.807, 2.05) is 36.2 Å². The molecule has 2 aliphatic heterocycles. The van der Waals surface area contributed by atoms with Crippen molar-refractivity contribution in [1.29, 1.82) is 0 Å². The van der Waals surface area contributed by atoms with Crippen molar-refractivity contribution in [3.8, 4) is 17.2 Å². The Hall–Kier alpha value is -3.07. The molecule has 4 rings (SSSR count). The van der Waals surface area contributed by atoms with Crippen LogP contribution in [0, 0.1) is 10.1 Å². The van der Waals surface area contributed by atoms with Gasteiger partial charge in [0.05, 0.1) is 23.5 Å². The van der Waals surface area contributed by atoms with E-state index in [9.17, 15) is 14.9 Å². The van der Waals surface area contributed by atoms with Crippen LogP contribution in [0.4, 0.5) is 11.4 Å². The highest BCUT2D eigenvalue weighted by Crippen LogP contribution is 2.56. The largest absolute Gasteiger partial charge is 0.497 e. The summed E-state index contributed by atoms with van der Waals surface area (Å²) in [7, 11) is 3.55. The summed E-state index contributed by atoms with van der Waals surface area (Å²) in [5.74, 6) is 0.410. The molecule has 2 aliphatic rings. The monoisotopic (exact) mass is 516 g/mol. The number of likely N-dealkylation sites (N-methyl/N-ethyl adjacent to an activating group) is 1. The Morgan fingerprint density at radius 3 is 2.55 bits per heavy atom. The summed E-state index contributed by atoms with van der Waals surface area (Å²) in [6.07, 6.45) is 3.68. The van der Waals surface area contributed by atoms with Crippen molar-refractivity contribution in [3.05, 3.63) is 57.6 Å². The van der Waals surface area contributed by atoms with Gasteiger partial charge in [-0.05, 0) is 63.6 Å². The fraction of sp³-hybridized carbons (Fsp3) is 0.375. The van der Waals surface area contributed by atoms with Gasteiger partial charge in [0, 0.05) is 24.4 Å². The molecule has 1 atom stereocenters. The number of hydrogen-bond donors (Lipinski definition) is 0.